The largest absolute Gasteiger partial charge is 0.353 e. The van der Waals surface area contributed by atoms with Gasteiger partial charge in [-0.25, -0.2) is 15.0 Å². The highest BCUT2D eigenvalue weighted by molar-refractivity contribution is 7.26. The minimum absolute atomic E-state index is 1.01. The third-order valence-electron chi connectivity index (χ3n) is 6.30. The van der Waals surface area contributed by atoms with E-state index in [0.29, 0.717) is 0 Å². The number of piperazine rings is 1. The number of hydrogen-bond acceptors (Lipinski definition) is 6. The second kappa shape index (κ2) is 6.75. The summed E-state index contributed by atoms with van der Waals surface area (Å²) in [6.45, 7) is 4.17. The van der Waals surface area contributed by atoms with Gasteiger partial charge < -0.3 is 9.80 Å². The number of pyridine rings is 1. The molecule has 3 aromatic heterocycles. The maximum Gasteiger partial charge on any atom is 0.150 e. The molecule has 0 radical (unpaired) electrons. The number of rotatable bonds is 2. The third-order valence-corrected chi connectivity index (χ3v) is 7.37. The Kier molecular flexibility index (Phi) is 4.03. The molecule has 0 unspecified atom stereocenters. The Balaban J connectivity index is 1.58. The SMILES string of the molecule is CN1CCN(c2ncnc3c2sc2nc(-c4ccccc4)c4c(c23)CCC4)CC1. The standard InChI is InChI=1S/C23H23N5S/c1-27-10-12-28(13-11-27)22-21-20(24-14-25-22)18-16-8-5-9-17(16)19(26-23(18)29-21)15-6-3-2-4-7-15/h2-4,6-7,14H,5,8-13H2,1H3. The van der Waals surface area contributed by atoms with Crippen molar-refractivity contribution in [3.8, 4) is 11.3 Å². The van der Waals surface area contributed by atoms with Crippen molar-refractivity contribution in [2.45, 2.75) is 19.3 Å². The summed E-state index contributed by atoms with van der Waals surface area (Å²) in [5.74, 6) is 1.08. The van der Waals surface area contributed by atoms with Gasteiger partial charge in [0.25, 0.3) is 0 Å². The van der Waals surface area contributed by atoms with E-state index in [1.165, 1.54) is 33.2 Å². The van der Waals surface area contributed by atoms with Crippen LogP contribution in [0.3, 0.4) is 0 Å². The highest BCUT2D eigenvalue weighted by Crippen LogP contribution is 2.43. The van der Waals surface area contributed by atoms with Crippen LogP contribution in [0.15, 0.2) is 36.7 Å². The van der Waals surface area contributed by atoms with Gasteiger partial charge in [-0.05, 0) is 37.4 Å². The normalized spacial score (nSPS) is 17.3. The second-order valence-electron chi connectivity index (χ2n) is 8.08. The van der Waals surface area contributed by atoms with Gasteiger partial charge in [0.15, 0.2) is 0 Å². The molecule has 0 amide bonds. The van der Waals surface area contributed by atoms with E-state index in [1.807, 2.05) is 0 Å². The van der Waals surface area contributed by atoms with E-state index in [9.17, 15) is 0 Å². The van der Waals surface area contributed by atoms with Crippen LogP contribution in [0, 0.1) is 0 Å². The molecule has 4 heterocycles. The Morgan fingerprint density at radius 2 is 1.72 bits per heavy atom. The van der Waals surface area contributed by atoms with Gasteiger partial charge in [-0.1, -0.05) is 30.3 Å². The van der Waals surface area contributed by atoms with Crippen molar-refractivity contribution in [3.63, 3.8) is 0 Å². The summed E-state index contributed by atoms with van der Waals surface area (Å²) in [6.07, 6.45) is 5.17. The Bertz CT molecular complexity index is 1210. The van der Waals surface area contributed by atoms with Gasteiger partial charge in [-0.2, -0.15) is 0 Å². The van der Waals surface area contributed by atoms with Crippen LogP contribution in [0.5, 0.6) is 0 Å². The molecule has 1 saturated heterocycles. The fraction of sp³-hybridized carbons (Fsp3) is 0.348. The quantitative estimate of drug-likeness (QED) is 0.505. The number of nitrogens with zero attached hydrogens (tertiary/aromatic N) is 5. The van der Waals surface area contributed by atoms with Gasteiger partial charge in [0.1, 0.15) is 17.0 Å². The van der Waals surface area contributed by atoms with Crippen LogP contribution < -0.4 is 4.90 Å². The number of hydrogen-bond donors (Lipinski definition) is 0. The fourth-order valence-corrected chi connectivity index (χ4v) is 5.94. The molecule has 0 bridgehead atoms. The van der Waals surface area contributed by atoms with Crippen molar-refractivity contribution < 1.29 is 0 Å². The molecule has 5 nitrogen and oxygen atoms in total. The fourth-order valence-electron chi connectivity index (χ4n) is 4.76. The lowest BCUT2D eigenvalue weighted by atomic mass is 10.0. The average molecular weight is 402 g/mol. The van der Waals surface area contributed by atoms with Gasteiger partial charge in [0.05, 0.1) is 15.9 Å². The molecule has 0 atom stereocenters. The highest BCUT2D eigenvalue weighted by atomic mass is 32.1. The van der Waals surface area contributed by atoms with E-state index >= 15 is 0 Å². The number of anilines is 1. The van der Waals surface area contributed by atoms with Crippen molar-refractivity contribution >= 4 is 37.6 Å². The Hall–Kier alpha value is -2.57. The minimum atomic E-state index is 1.01. The Morgan fingerprint density at radius 1 is 0.931 bits per heavy atom. The van der Waals surface area contributed by atoms with Crippen LogP contribution in [-0.4, -0.2) is 53.1 Å². The van der Waals surface area contributed by atoms with Gasteiger partial charge in [-0.3, -0.25) is 0 Å². The lowest BCUT2D eigenvalue weighted by Crippen LogP contribution is -2.44. The number of benzene rings is 1. The van der Waals surface area contributed by atoms with Gasteiger partial charge in [0.2, 0.25) is 0 Å². The van der Waals surface area contributed by atoms with Crippen molar-refractivity contribution in [3.05, 3.63) is 47.8 Å². The minimum Gasteiger partial charge on any atom is -0.353 e. The predicted octanol–water partition coefficient (Wildman–Crippen LogP) is 4.15. The van der Waals surface area contributed by atoms with Crippen LogP contribution in [0.4, 0.5) is 5.82 Å². The number of aryl methyl sites for hydroxylation is 1. The summed E-state index contributed by atoms with van der Waals surface area (Å²) in [4.78, 5) is 20.5. The van der Waals surface area contributed by atoms with Gasteiger partial charge in [-0.15, -0.1) is 11.3 Å². The predicted molar refractivity (Wildman–Crippen MR) is 120 cm³/mol. The maximum absolute atomic E-state index is 5.18. The van der Waals surface area contributed by atoms with E-state index in [1.54, 1.807) is 17.7 Å². The van der Waals surface area contributed by atoms with Crippen LogP contribution in [0.25, 0.3) is 31.7 Å². The first-order valence-electron chi connectivity index (χ1n) is 10.4. The summed E-state index contributed by atoms with van der Waals surface area (Å²) in [7, 11) is 2.19. The molecule has 0 N–H and O–H groups in total. The summed E-state index contributed by atoms with van der Waals surface area (Å²) in [6, 6.07) is 10.6. The number of likely N-dealkylation sites (N-methyl/N-ethyl adjacent to an activating group) is 1. The zero-order valence-electron chi connectivity index (χ0n) is 16.6. The molecule has 6 heteroatoms. The number of thiophene rings is 1. The van der Waals surface area contributed by atoms with Crippen molar-refractivity contribution in [1.82, 2.24) is 19.9 Å². The van der Waals surface area contributed by atoms with E-state index in [4.69, 9.17) is 15.0 Å². The Labute approximate surface area is 174 Å². The summed E-state index contributed by atoms with van der Waals surface area (Å²) in [5.41, 5.74) is 6.35. The zero-order chi connectivity index (χ0) is 19.4. The molecule has 1 aliphatic carbocycles. The molecule has 1 aliphatic heterocycles. The van der Waals surface area contributed by atoms with E-state index in [0.717, 1.165) is 60.9 Å². The number of fused-ring (bicyclic) bond motifs is 5. The van der Waals surface area contributed by atoms with Gasteiger partial charge >= 0.3 is 0 Å². The van der Waals surface area contributed by atoms with Crippen LogP contribution in [0.2, 0.25) is 0 Å². The molecule has 1 aromatic carbocycles. The van der Waals surface area contributed by atoms with Crippen molar-refractivity contribution in [2.24, 2.45) is 0 Å². The lowest BCUT2D eigenvalue weighted by Gasteiger charge is -2.33. The summed E-state index contributed by atoms with van der Waals surface area (Å²) >= 11 is 1.77. The first-order valence-corrected chi connectivity index (χ1v) is 11.2. The van der Waals surface area contributed by atoms with Crippen LogP contribution in [-0.2, 0) is 12.8 Å². The molecule has 4 aromatic rings. The highest BCUT2D eigenvalue weighted by Gasteiger charge is 2.26. The monoisotopic (exact) mass is 401 g/mol. The number of aromatic nitrogens is 3. The Morgan fingerprint density at radius 3 is 2.55 bits per heavy atom. The lowest BCUT2D eigenvalue weighted by molar-refractivity contribution is 0.312. The summed E-state index contributed by atoms with van der Waals surface area (Å²) < 4.78 is 1.19. The average Bonchev–Trinajstić information content (AvgIpc) is 3.38. The third kappa shape index (κ3) is 2.74. The van der Waals surface area contributed by atoms with Crippen molar-refractivity contribution in [1.29, 1.82) is 0 Å². The first-order chi connectivity index (χ1) is 14.3. The van der Waals surface area contributed by atoms with Crippen LogP contribution in [0.1, 0.15) is 17.5 Å². The smallest absolute Gasteiger partial charge is 0.150 e. The molecule has 146 valence electrons. The molecule has 0 saturated carbocycles. The molecule has 0 spiro atoms. The van der Waals surface area contributed by atoms with Crippen molar-refractivity contribution in [2.75, 3.05) is 38.1 Å². The van der Waals surface area contributed by atoms with E-state index in [-0.39, 0.29) is 0 Å². The van der Waals surface area contributed by atoms with E-state index in [2.05, 4.69) is 47.2 Å². The second-order valence-corrected chi connectivity index (χ2v) is 9.08. The molecular weight excluding hydrogens is 378 g/mol. The molecule has 6 rings (SSSR count). The van der Waals surface area contributed by atoms with Crippen LogP contribution >= 0.6 is 11.3 Å². The first kappa shape index (κ1) is 17.3. The molecule has 29 heavy (non-hydrogen) atoms. The molecule has 2 aliphatic rings. The zero-order valence-corrected chi connectivity index (χ0v) is 17.4. The molecule has 1 fully saturated rings. The summed E-state index contributed by atoms with van der Waals surface area (Å²) in [5, 5.41) is 1.27. The van der Waals surface area contributed by atoms with E-state index < -0.39 is 0 Å². The maximum atomic E-state index is 5.18. The molecular formula is C23H23N5S. The van der Waals surface area contributed by atoms with Gasteiger partial charge in [0, 0.05) is 37.1 Å². The topological polar surface area (TPSA) is 45.2 Å².